The second-order valence-corrected chi connectivity index (χ2v) is 2.99. The SMILES string of the molecule is C=C(N)N.O=C([O-])CC(O)(CC(=O)[O-])C(=O)[O-].[Bi+3]. The summed E-state index contributed by atoms with van der Waals surface area (Å²) in [6.07, 6.45) is -2.72. The van der Waals surface area contributed by atoms with Gasteiger partial charge in [0.05, 0.1) is 11.8 Å². The van der Waals surface area contributed by atoms with Crippen LogP contribution in [0.25, 0.3) is 0 Å². The van der Waals surface area contributed by atoms with Crippen LogP contribution >= 0.6 is 0 Å². The summed E-state index contributed by atoms with van der Waals surface area (Å²) in [5, 5.41) is 38.9. The number of carboxylic acids is 3. The van der Waals surface area contributed by atoms with E-state index in [0.29, 0.717) is 0 Å². The van der Waals surface area contributed by atoms with Crippen LogP contribution in [0.15, 0.2) is 12.4 Å². The molecule has 0 aliphatic carbocycles. The van der Waals surface area contributed by atoms with Crippen molar-refractivity contribution in [2.75, 3.05) is 0 Å². The molecule has 0 bridgehead atoms. The molecule has 0 aliphatic rings. The van der Waals surface area contributed by atoms with Crippen molar-refractivity contribution in [1.29, 1.82) is 0 Å². The minimum atomic E-state index is -2.97. The number of carboxylic acid groups (broad SMARTS) is 3. The van der Waals surface area contributed by atoms with Crippen LogP contribution in [0.3, 0.4) is 0 Å². The van der Waals surface area contributed by atoms with E-state index in [9.17, 15) is 29.7 Å². The first-order chi connectivity index (χ1) is 7.51. The average molecular weight is 456 g/mol. The Balaban J connectivity index is -0.000000392. The molecule has 10 heteroatoms. The fraction of sp³-hybridized carbons (Fsp3) is 0.375. The molecular formula is C8H11BiN2O7. The van der Waals surface area contributed by atoms with Crippen molar-refractivity contribution in [3.63, 3.8) is 0 Å². The predicted molar refractivity (Wildman–Crippen MR) is 52.5 cm³/mol. The number of hydrogen-bond acceptors (Lipinski definition) is 9. The van der Waals surface area contributed by atoms with Crippen molar-refractivity contribution >= 4 is 44.1 Å². The summed E-state index contributed by atoms with van der Waals surface area (Å²) in [5.41, 5.74) is 6.41. The van der Waals surface area contributed by atoms with Crippen LogP contribution in [0.2, 0.25) is 0 Å². The van der Waals surface area contributed by atoms with Crippen molar-refractivity contribution < 1.29 is 34.8 Å². The number of aliphatic hydroxyl groups is 1. The Kier molecular flexibility index (Phi) is 11.7. The monoisotopic (exact) mass is 456 g/mol. The zero-order valence-corrected chi connectivity index (χ0v) is 12.6. The Morgan fingerprint density at radius 1 is 1.06 bits per heavy atom. The zero-order chi connectivity index (χ0) is 14.2. The van der Waals surface area contributed by atoms with Gasteiger partial charge in [0.15, 0.2) is 0 Å². The molecule has 5 N–H and O–H groups in total. The number of carbonyl (C=O) groups is 3. The van der Waals surface area contributed by atoms with Gasteiger partial charge in [0.2, 0.25) is 0 Å². The molecule has 0 fully saturated rings. The predicted octanol–water partition coefficient (Wildman–Crippen LogP) is -6.26. The molecule has 0 unspecified atom stereocenters. The average Bonchev–Trinajstić information content (AvgIpc) is 1.98. The molecule has 0 atom stereocenters. The molecule has 9 nitrogen and oxygen atoms in total. The van der Waals surface area contributed by atoms with Gasteiger partial charge in [-0.05, 0) is 0 Å². The van der Waals surface area contributed by atoms with E-state index in [-0.39, 0.29) is 32.0 Å². The van der Waals surface area contributed by atoms with Gasteiger partial charge < -0.3 is 46.3 Å². The molecule has 0 rings (SSSR count). The smallest absolute Gasteiger partial charge is 0.550 e. The summed E-state index contributed by atoms with van der Waals surface area (Å²) >= 11 is 0. The molecule has 18 heavy (non-hydrogen) atoms. The van der Waals surface area contributed by atoms with Gasteiger partial charge in [-0.25, -0.2) is 0 Å². The molecule has 0 spiro atoms. The molecule has 0 aromatic heterocycles. The normalized spacial score (nSPS) is 9.17. The van der Waals surface area contributed by atoms with Gasteiger partial charge in [-0.3, -0.25) is 0 Å². The zero-order valence-electron chi connectivity index (χ0n) is 9.12. The Labute approximate surface area is 121 Å². The molecule has 0 saturated carbocycles. The van der Waals surface area contributed by atoms with Crippen LogP contribution in [0, 0.1) is 0 Å². The van der Waals surface area contributed by atoms with E-state index in [1.807, 2.05) is 0 Å². The molecule has 0 aliphatic heterocycles. The molecule has 0 heterocycles. The van der Waals surface area contributed by atoms with E-state index in [1.165, 1.54) is 0 Å². The van der Waals surface area contributed by atoms with Crippen LogP contribution in [-0.2, 0) is 14.4 Å². The quantitative estimate of drug-likeness (QED) is 0.338. The Bertz CT molecular complexity index is 311. The third-order valence-corrected chi connectivity index (χ3v) is 1.25. The number of nitrogens with two attached hydrogens (primary N) is 2. The Morgan fingerprint density at radius 2 is 1.28 bits per heavy atom. The summed E-state index contributed by atoms with van der Waals surface area (Å²) in [4.78, 5) is 30.0. The topological polar surface area (TPSA) is 193 Å². The number of aliphatic carboxylic acids is 3. The molecule has 0 aromatic carbocycles. The first kappa shape index (κ1) is 21.8. The van der Waals surface area contributed by atoms with Gasteiger partial charge in [0.1, 0.15) is 5.60 Å². The van der Waals surface area contributed by atoms with E-state index >= 15 is 0 Å². The first-order valence-electron chi connectivity index (χ1n) is 4.04. The van der Waals surface area contributed by atoms with Gasteiger partial charge in [-0.15, -0.1) is 0 Å². The van der Waals surface area contributed by atoms with Crippen LogP contribution < -0.4 is 26.8 Å². The molecule has 0 amide bonds. The fourth-order valence-corrected chi connectivity index (χ4v) is 0.684. The Morgan fingerprint density at radius 3 is 1.39 bits per heavy atom. The molecule has 0 aromatic rings. The molecule has 0 saturated heterocycles. The van der Waals surface area contributed by atoms with Crippen molar-refractivity contribution in [2.24, 2.45) is 11.5 Å². The summed E-state index contributed by atoms with van der Waals surface area (Å²) in [5.74, 6) is -5.82. The second-order valence-electron chi connectivity index (χ2n) is 2.99. The number of rotatable bonds is 5. The van der Waals surface area contributed by atoms with Crippen molar-refractivity contribution in [3.05, 3.63) is 12.4 Å². The van der Waals surface area contributed by atoms with Crippen molar-refractivity contribution in [2.45, 2.75) is 18.4 Å². The number of carbonyl (C=O) groups excluding carboxylic acids is 3. The van der Waals surface area contributed by atoms with Crippen LogP contribution in [0.1, 0.15) is 12.8 Å². The standard InChI is InChI=1S/C6H8O7.C2H6N2.Bi/c7-3(8)1-6(13,5(11)12)2-4(9)10;1-2(3)4;/h13H,1-2H2,(H,7,8)(H,9,10)(H,11,12);1,3-4H2;/q;;+3/p-3. The molecule has 2 radical (unpaired) electrons. The van der Waals surface area contributed by atoms with Crippen LogP contribution in [0.4, 0.5) is 0 Å². The third-order valence-electron chi connectivity index (χ3n) is 1.25. The molecule has 100 valence electrons. The van der Waals surface area contributed by atoms with Gasteiger partial charge in [0, 0.05) is 24.8 Å². The van der Waals surface area contributed by atoms with Gasteiger partial charge in [-0.1, -0.05) is 6.58 Å². The fourth-order valence-electron chi connectivity index (χ4n) is 0.684. The van der Waals surface area contributed by atoms with E-state index in [1.54, 1.807) is 0 Å². The second kappa shape index (κ2) is 9.61. The molecular weight excluding hydrogens is 445 g/mol. The van der Waals surface area contributed by atoms with Gasteiger partial charge in [0.25, 0.3) is 0 Å². The van der Waals surface area contributed by atoms with Gasteiger partial charge >= 0.3 is 26.2 Å². The van der Waals surface area contributed by atoms with Crippen LogP contribution in [-0.4, -0.2) is 54.8 Å². The van der Waals surface area contributed by atoms with E-state index in [2.05, 4.69) is 6.58 Å². The maximum absolute atomic E-state index is 10.1. The van der Waals surface area contributed by atoms with E-state index < -0.39 is 36.4 Å². The van der Waals surface area contributed by atoms with E-state index in [0.717, 1.165) is 0 Å². The van der Waals surface area contributed by atoms with E-state index in [4.69, 9.17) is 16.6 Å². The third kappa shape index (κ3) is 12.7. The van der Waals surface area contributed by atoms with Crippen molar-refractivity contribution in [1.82, 2.24) is 0 Å². The maximum atomic E-state index is 10.1. The number of hydrogen-bond donors (Lipinski definition) is 3. The van der Waals surface area contributed by atoms with Gasteiger partial charge in [-0.2, -0.15) is 0 Å². The van der Waals surface area contributed by atoms with Crippen LogP contribution in [0.5, 0.6) is 0 Å². The minimum Gasteiger partial charge on any atom is -0.550 e. The summed E-state index contributed by atoms with van der Waals surface area (Å²) in [6.45, 7) is 3.11. The van der Waals surface area contributed by atoms with Crippen molar-refractivity contribution in [3.8, 4) is 0 Å². The maximum Gasteiger partial charge on any atom is 3.00 e. The Hall–Kier alpha value is -1.41. The summed E-state index contributed by atoms with van der Waals surface area (Å²) in [6, 6.07) is 0. The largest absolute Gasteiger partial charge is 3.00 e. The minimum absolute atomic E-state index is 0. The summed E-state index contributed by atoms with van der Waals surface area (Å²) < 4.78 is 0. The first-order valence-corrected chi connectivity index (χ1v) is 4.04. The summed E-state index contributed by atoms with van der Waals surface area (Å²) in [7, 11) is 0.